The van der Waals surface area contributed by atoms with Crippen molar-refractivity contribution in [2.75, 3.05) is 13.2 Å². The van der Waals surface area contributed by atoms with Gasteiger partial charge in [-0.3, -0.25) is 14.9 Å². The van der Waals surface area contributed by atoms with Crippen LogP contribution in [0.25, 0.3) is 0 Å². The Morgan fingerprint density at radius 2 is 1.18 bits per heavy atom. The molecule has 0 aliphatic heterocycles. The SMILES string of the molecule is CCOC(=O)NC(COc1ccc(C(=O)c2ccccc2Cl)cc1)Oc1ccc(C(=O)c2ccccc2Cl)cc1. The van der Waals surface area contributed by atoms with Crippen molar-refractivity contribution in [3.05, 3.63) is 129 Å². The van der Waals surface area contributed by atoms with Gasteiger partial charge in [0.15, 0.2) is 11.6 Å². The molecule has 1 N–H and O–H groups in total. The Labute approximate surface area is 241 Å². The zero-order chi connectivity index (χ0) is 28.5. The van der Waals surface area contributed by atoms with Crippen LogP contribution >= 0.6 is 23.2 Å². The van der Waals surface area contributed by atoms with E-state index in [2.05, 4.69) is 5.32 Å². The smallest absolute Gasteiger partial charge is 0.410 e. The fraction of sp³-hybridized carbons (Fsp3) is 0.129. The van der Waals surface area contributed by atoms with Gasteiger partial charge in [0.2, 0.25) is 6.23 Å². The Morgan fingerprint density at radius 3 is 1.65 bits per heavy atom. The number of ketones is 2. The Balaban J connectivity index is 1.42. The van der Waals surface area contributed by atoms with Crippen molar-refractivity contribution in [2.45, 2.75) is 13.2 Å². The highest BCUT2D eigenvalue weighted by atomic mass is 35.5. The van der Waals surface area contributed by atoms with Crippen molar-refractivity contribution >= 4 is 40.9 Å². The molecule has 0 radical (unpaired) electrons. The maximum Gasteiger partial charge on any atom is 0.410 e. The fourth-order valence-corrected chi connectivity index (χ4v) is 4.18. The summed E-state index contributed by atoms with van der Waals surface area (Å²) in [6.45, 7) is 1.79. The summed E-state index contributed by atoms with van der Waals surface area (Å²) in [4.78, 5) is 37.6. The third kappa shape index (κ3) is 7.40. The lowest BCUT2D eigenvalue weighted by Gasteiger charge is -2.21. The van der Waals surface area contributed by atoms with E-state index in [0.29, 0.717) is 43.8 Å². The van der Waals surface area contributed by atoms with Crippen LogP contribution in [0, 0.1) is 0 Å². The van der Waals surface area contributed by atoms with Crippen molar-refractivity contribution in [1.29, 1.82) is 0 Å². The summed E-state index contributed by atoms with van der Waals surface area (Å²) < 4.78 is 16.7. The molecule has 0 bridgehead atoms. The molecule has 40 heavy (non-hydrogen) atoms. The van der Waals surface area contributed by atoms with E-state index in [1.165, 1.54) is 0 Å². The predicted octanol–water partition coefficient (Wildman–Crippen LogP) is 6.99. The van der Waals surface area contributed by atoms with Crippen molar-refractivity contribution < 1.29 is 28.6 Å². The highest BCUT2D eigenvalue weighted by Crippen LogP contribution is 2.23. The van der Waals surface area contributed by atoms with Crippen LogP contribution in [0.4, 0.5) is 4.79 Å². The van der Waals surface area contributed by atoms with Crippen LogP contribution in [0.15, 0.2) is 97.1 Å². The minimum Gasteiger partial charge on any atom is -0.488 e. The summed E-state index contributed by atoms with van der Waals surface area (Å²) >= 11 is 12.3. The minimum absolute atomic E-state index is 0.0725. The minimum atomic E-state index is -0.923. The van der Waals surface area contributed by atoms with E-state index in [9.17, 15) is 14.4 Å². The maximum absolute atomic E-state index is 12.8. The molecule has 0 heterocycles. The van der Waals surface area contributed by atoms with Gasteiger partial charge in [0.1, 0.15) is 18.1 Å². The van der Waals surface area contributed by atoms with E-state index in [0.717, 1.165) is 0 Å². The first-order valence-electron chi connectivity index (χ1n) is 12.4. The lowest BCUT2D eigenvalue weighted by Crippen LogP contribution is -2.43. The summed E-state index contributed by atoms with van der Waals surface area (Å²) in [6.07, 6.45) is -1.60. The highest BCUT2D eigenvalue weighted by molar-refractivity contribution is 6.35. The molecule has 0 aliphatic carbocycles. The average molecular weight is 578 g/mol. The van der Waals surface area contributed by atoms with E-state index in [-0.39, 0.29) is 24.8 Å². The first-order valence-corrected chi connectivity index (χ1v) is 13.1. The number of rotatable bonds is 11. The molecule has 0 spiro atoms. The van der Waals surface area contributed by atoms with Crippen molar-refractivity contribution in [3.63, 3.8) is 0 Å². The first kappa shape index (κ1) is 28.7. The molecule has 7 nitrogen and oxygen atoms in total. The van der Waals surface area contributed by atoms with Crippen LogP contribution in [0.1, 0.15) is 38.8 Å². The summed E-state index contributed by atoms with van der Waals surface area (Å²) in [6, 6.07) is 26.6. The molecule has 0 aromatic heterocycles. The topological polar surface area (TPSA) is 90.9 Å². The monoisotopic (exact) mass is 577 g/mol. The summed E-state index contributed by atoms with van der Waals surface area (Å²) in [7, 11) is 0. The lowest BCUT2D eigenvalue weighted by molar-refractivity contribution is 0.0824. The second kappa shape index (κ2) is 13.6. The molecule has 4 aromatic carbocycles. The van der Waals surface area contributed by atoms with Gasteiger partial charge < -0.3 is 14.2 Å². The molecule has 204 valence electrons. The summed E-state index contributed by atoms with van der Waals surface area (Å²) in [5, 5.41) is 3.34. The number of benzene rings is 4. The van der Waals surface area contributed by atoms with Crippen LogP contribution in [0.5, 0.6) is 11.5 Å². The van der Waals surface area contributed by atoms with Crippen molar-refractivity contribution in [1.82, 2.24) is 5.32 Å². The molecule has 9 heteroatoms. The highest BCUT2D eigenvalue weighted by Gasteiger charge is 2.18. The van der Waals surface area contributed by atoms with Gasteiger partial charge in [-0.15, -0.1) is 0 Å². The Bertz CT molecular complexity index is 1490. The van der Waals surface area contributed by atoms with E-state index >= 15 is 0 Å². The quantitative estimate of drug-likeness (QED) is 0.153. The van der Waals surface area contributed by atoms with Gasteiger partial charge in [0, 0.05) is 22.3 Å². The molecule has 4 aromatic rings. The predicted molar refractivity (Wildman–Crippen MR) is 153 cm³/mol. The Morgan fingerprint density at radius 1 is 0.700 bits per heavy atom. The second-order valence-corrected chi connectivity index (χ2v) is 9.26. The number of nitrogens with one attached hydrogen (secondary N) is 1. The molecule has 0 fully saturated rings. The number of amides is 1. The third-order valence-electron chi connectivity index (χ3n) is 5.70. The van der Waals surface area contributed by atoms with Gasteiger partial charge in [-0.1, -0.05) is 47.5 Å². The third-order valence-corrected chi connectivity index (χ3v) is 6.36. The zero-order valence-corrected chi connectivity index (χ0v) is 22.9. The van der Waals surface area contributed by atoms with E-state index in [4.69, 9.17) is 37.4 Å². The Hall–Kier alpha value is -4.33. The molecule has 0 saturated carbocycles. The first-order chi connectivity index (χ1) is 19.4. The van der Waals surface area contributed by atoms with Gasteiger partial charge in [-0.25, -0.2) is 4.79 Å². The number of halogens is 2. The molecule has 0 saturated heterocycles. The largest absolute Gasteiger partial charge is 0.488 e. The number of carbonyl (C=O) groups is 3. The summed E-state index contributed by atoms with van der Waals surface area (Å²) in [5.74, 6) is 0.411. The molecule has 0 aliphatic rings. The second-order valence-electron chi connectivity index (χ2n) is 8.45. The molecule has 1 unspecified atom stereocenters. The van der Waals surface area contributed by atoms with Crippen LogP contribution in [0.3, 0.4) is 0 Å². The molecule has 1 amide bonds. The number of alkyl carbamates (subject to hydrolysis) is 1. The van der Waals surface area contributed by atoms with E-state index in [1.807, 2.05) is 0 Å². The average Bonchev–Trinajstić information content (AvgIpc) is 2.96. The van der Waals surface area contributed by atoms with Crippen molar-refractivity contribution in [2.24, 2.45) is 0 Å². The van der Waals surface area contributed by atoms with Crippen LogP contribution < -0.4 is 14.8 Å². The van der Waals surface area contributed by atoms with E-state index in [1.54, 1.807) is 104 Å². The standard InChI is InChI=1S/C31H25Cl2NO6/c1-2-38-31(37)34-28(40-23-17-13-21(14-18-23)30(36)25-8-4-6-10-27(25)33)19-39-22-15-11-20(12-16-22)29(35)24-7-3-5-9-26(24)32/h3-18,28H,2,19H2,1H3,(H,34,37). The van der Waals surface area contributed by atoms with Crippen molar-refractivity contribution in [3.8, 4) is 11.5 Å². The van der Waals surface area contributed by atoms with E-state index < -0.39 is 12.3 Å². The van der Waals surface area contributed by atoms with Gasteiger partial charge >= 0.3 is 6.09 Å². The number of hydrogen-bond acceptors (Lipinski definition) is 6. The molecule has 4 rings (SSSR count). The van der Waals surface area contributed by atoms with Gasteiger partial charge in [-0.2, -0.15) is 0 Å². The molecule has 1 atom stereocenters. The normalized spacial score (nSPS) is 11.3. The zero-order valence-electron chi connectivity index (χ0n) is 21.4. The van der Waals surface area contributed by atoms with Crippen LogP contribution in [0.2, 0.25) is 10.0 Å². The van der Waals surface area contributed by atoms with Gasteiger partial charge in [0.05, 0.1) is 16.7 Å². The lowest BCUT2D eigenvalue weighted by atomic mass is 10.0. The van der Waals surface area contributed by atoms with Gasteiger partial charge in [0.25, 0.3) is 0 Å². The van der Waals surface area contributed by atoms with Crippen LogP contribution in [-0.4, -0.2) is 37.1 Å². The molecular weight excluding hydrogens is 553 g/mol. The Kier molecular flexibility index (Phi) is 9.78. The molecular formula is C31H25Cl2NO6. The number of carbonyl (C=O) groups excluding carboxylic acids is 3. The van der Waals surface area contributed by atoms with Gasteiger partial charge in [-0.05, 0) is 79.7 Å². The summed E-state index contributed by atoms with van der Waals surface area (Å²) in [5.41, 5.74) is 1.68. The number of hydrogen-bond donors (Lipinski definition) is 1. The number of ether oxygens (including phenoxy) is 3. The maximum atomic E-state index is 12.8. The fourth-order valence-electron chi connectivity index (χ4n) is 3.73. The van der Waals surface area contributed by atoms with Crippen LogP contribution in [-0.2, 0) is 4.74 Å².